The van der Waals surface area contributed by atoms with Crippen LogP contribution in [0, 0.1) is 0 Å². The van der Waals surface area contributed by atoms with Crippen LogP contribution in [0.2, 0.25) is 0 Å². The Morgan fingerprint density at radius 1 is 0.525 bits per heavy atom. The average Bonchev–Trinajstić information content (AvgIpc) is 3.49. The Morgan fingerprint density at radius 2 is 0.852 bits per heavy atom. The van der Waals surface area contributed by atoms with Gasteiger partial charge in [0.25, 0.3) is 0 Å². The second-order valence-electron chi connectivity index (χ2n) is 18.4. The lowest BCUT2D eigenvalue weighted by molar-refractivity contribution is -0.161. The Hall–Kier alpha value is -3.25. The predicted molar refractivity (Wildman–Crippen MR) is 234 cm³/mol. The molecule has 2 heterocycles. The molecular weight excluding hydrogens is 790 g/mol. The van der Waals surface area contributed by atoms with Crippen molar-refractivity contribution in [3.63, 3.8) is 0 Å². The third-order valence-corrected chi connectivity index (χ3v) is 9.58. The van der Waals surface area contributed by atoms with Gasteiger partial charge in [0, 0.05) is 0 Å². The van der Waals surface area contributed by atoms with Crippen LogP contribution in [0.5, 0.6) is 11.5 Å². The number of hydrogen-bond acceptors (Lipinski definition) is 15. The number of aliphatic hydroxyl groups excluding tert-OH is 1. The van der Waals surface area contributed by atoms with Gasteiger partial charge in [0.15, 0.2) is 0 Å². The van der Waals surface area contributed by atoms with E-state index in [0.717, 1.165) is 16.7 Å². The Balaban J connectivity index is 0.000000348. The van der Waals surface area contributed by atoms with E-state index in [0.29, 0.717) is 39.6 Å². The molecule has 0 spiro atoms. The Bertz CT molecular complexity index is 1550. The highest BCUT2D eigenvalue weighted by atomic mass is 16.7. The SMILES string of the molecule is CC(C)(C)OC(=O)COCCOCCO.CC(C)(C)OC(=O)COCCOCCOc1ccc(B2OC(C)(C)C(C)(C)O2)cc1.CC1(C)OB(c2ccc(O)cc2)OC1(C)C. The maximum atomic E-state index is 11.5. The van der Waals surface area contributed by atoms with E-state index >= 15 is 0 Å². The summed E-state index contributed by atoms with van der Waals surface area (Å²) in [4.78, 5) is 22.6. The predicted octanol–water partition coefficient (Wildman–Crippen LogP) is 4.78. The quantitative estimate of drug-likeness (QED) is 0.119. The van der Waals surface area contributed by atoms with Gasteiger partial charge in [-0.2, -0.15) is 0 Å². The first-order valence-electron chi connectivity index (χ1n) is 20.8. The molecule has 2 aromatic rings. The van der Waals surface area contributed by atoms with Crippen molar-refractivity contribution >= 4 is 37.1 Å². The molecule has 4 rings (SSSR count). The van der Waals surface area contributed by atoms with E-state index in [2.05, 4.69) is 0 Å². The molecule has 2 aromatic carbocycles. The molecule has 0 atom stereocenters. The number of phenolic OH excluding ortho intramolecular Hbond substituents is 1. The molecule has 2 aliphatic heterocycles. The molecule has 2 fully saturated rings. The minimum atomic E-state index is -0.503. The summed E-state index contributed by atoms with van der Waals surface area (Å²) in [5, 5.41) is 17.6. The number of aromatic hydroxyl groups is 1. The molecule has 2 saturated heterocycles. The number of hydrogen-bond donors (Lipinski definition) is 2. The lowest BCUT2D eigenvalue weighted by Gasteiger charge is -2.32. The van der Waals surface area contributed by atoms with Gasteiger partial charge >= 0.3 is 26.2 Å². The highest BCUT2D eigenvalue weighted by Gasteiger charge is 2.52. The molecule has 15 nitrogen and oxygen atoms in total. The van der Waals surface area contributed by atoms with Crippen LogP contribution < -0.4 is 15.7 Å². The fourth-order valence-electron chi connectivity index (χ4n) is 5.09. The largest absolute Gasteiger partial charge is 0.508 e. The Kier molecular flexibility index (Phi) is 21.2. The average molecular weight is 863 g/mol. The molecule has 17 heteroatoms. The van der Waals surface area contributed by atoms with Gasteiger partial charge in [-0.25, -0.2) is 9.59 Å². The molecule has 0 unspecified atom stereocenters. The van der Waals surface area contributed by atoms with Crippen molar-refractivity contribution in [1.82, 2.24) is 0 Å². The summed E-state index contributed by atoms with van der Waals surface area (Å²) in [5.41, 5.74) is -0.465. The Morgan fingerprint density at radius 3 is 1.21 bits per heavy atom. The number of esters is 2. The molecule has 2 aliphatic rings. The third-order valence-electron chi connectivity index (χ3n) is 9.58. The van der Waals surface area contributed by atoms with Crippen LogP contribution in [0.1, 0.15) is 96.9 Å². The molecule has 0 saturated carbocycles. The first-order chi connectivity index (χ1) is 28.2. The zero-order chi connectivity index (χ0) is 46.1. The van der Waals surface area contributed by atoms with Crippen LogP contribution in [0.4, 0.5) is 0 Å². The molecule has 344 valence electrons. The maximum Gasteiger partial charge on any atom is 0.494 e. The van der Waals surface area contributed by atoms with Gasteiger partial charge in [0.2, 0.25) is 0 Å². The van der Waals surface area contributed by atoms with Crippen LogP contribution in [0.3, 0.4) is 0 Å². The minimum Gasteiger partial charge on any atom is -0.508 e. The monoisotopic (exact) mass is 863 g/mol. The van der Waals surface area contributed by atoms with Gasteiger partial charge in [-0.1, -0.05) is 24.3 Å². The van der Waals surface area contributed by atoms with E-state index < -0.39 is 11.2 Å². The minimum absolute atomic E-state index is 0.00787. The highest BCUT2D eigenvalue weighted by molar-refractivity contribution is 6.62. The van der Waals surface area contributed by atoms with Crippen LogP contribution in [-0.2, 0) is 56.6 Å². The molecule has 2 N–H and O–H groups in total. The van der Waals surface area contributed by atoms with E-state index in [1.54, 1.807) is 32.9 Å². The summed E-state index contributed by atoms with van der Waals surface area (Å²) >= 11 is 0. The number of rotatable bonds is 18. The number of ether oxygens (including phenoxy) is 7. The van der Waals surface area contributed by atoms with Crippen LogP contribution >= 0.6 is 0 Å². The molecule has 0 amide bonds. The summed E-state index contributed by atoms with van der Waals surface area (Å²) in [6, 6.07) is 14.6. The van der Waals surface area contributed by atoms with Gasteiger partial charge in [-0.15, -0.1) is 0 Å². The zero-order valence-corrected chi connectivity index (χ0v) is 39.0. The van der Waals surface area contributed by atoms with E-state index in [4.69, 9.17) is 56.9 Å². The van der Waals surface area contributed by atoms with Gasteiger partial charge in [0.1, 0.15) is 42.5 Å². The van der Waals surface area contributed by atoms with E-state index in [-0.39, 0.29) is 80.8 Å². The van der Waals surface area contributed by atoms with Gasteiger partial charge in [-0.05, 0) is 132 Å². The topological polar surface area (TPSA) is 176 Å². The van der Waals surface area contributed by atoms with E-state index in [1.807, 2.05) is 113 Å². The number of carbonyl (C=O) groups excluding carboxylic acids is 2. The normalized spacial score (nSPS) is 17.4. The summed E-state index contributed by atoms with van der Waals surface area (Å²) in [6.45, 7) is 29.4. The van der Waals surface area contributed by atoms with Gasteiger partial charge in [0.05, 0.1) is 68.7 Å². The van der Waals surface area contributed by atoms with Gasteiger partial charge < -0.3 is 62.0 Å². The zero-order valence-electron chi connectivity index (χ0n) is 39.0. The van der Waals surface area contributed by atoms with Crippen LogP contribution in [0.15, 0.2) is 48.5 Å². The second kappa shape index (κ2) is 24.0. The molecule has 0 aromatic heterocycles. The van der Waals surface area contributed by atoms with Crippen LogP contribution in [-0.4, -0.2) is 136 Å². The van der Waals surface area contributed by atoms with Crippen LogP contribution in [0.25, 0.3) is 0 Å². The van der Waals surface area contributed by atoms with E-state index in [1.165, 1.54) is 0 Å². The molecular formula is C44H72B2O15. The first-order valence-corrected chi connectivity index (χ1v) is 20.8. The fraction of sp³-hybridized carbons (Fsp3) is 0.682. The third kappa shape index (κ3) is 20.2. The van der Waals surface area contributed by atoms with Crippen molar-refractivity contribution in [1.29, 1.82) is 0 Å². The van der Waals surface area contributed by atoms with Crippen molar-refractivity contribution in [3.05, 3.63) is 48.5 Å². The van der Waals surface area contributed by atoms with Crippen molar-refractivity contribution in [2.45, 2.75) is 131 Å². The molecule has 0 bridgehead atoms. The van der Waals surface area contributed by atoms with Gasteiger partial charge in [-0.3, -0.25) is 0 Å². The summed E-state index contributed by atoms with van der Waals surface area (Å²) in [6.07, 6.45) is 0. The Labute approximate surface area is 364 Å². The van der Waals surface area contributed by atoms with Crippen molar-refractivity contribution in [2.75, 3.05) is 66.1 Å². The summed E-state index contributed by atoms with van der Waals surface area (Å²) < 4.78 is 60.4. The number of aliphatic hydroxyl groups is 1. The van der Waals surface area contributed by atoms with Crippen molar-refractivity contribution < 1.29 is 71.6 Å². The fourth-order valence-corrected chi connectivity index (χ4v) is 5.09. The van der Waals surface area contributed by atoms with Crippen molar-refractivity contribution in [3.8, 4) is 11.5 Å². The highest BCUT2D eigenvalue weighted by Crippen LogP contribution is 2.37. The maximum absolute atomic E-state index is 11.5. The first kappa shape index (κ1) is 53.9. The summed E-state index contributed by atoms with van der Waals surface area (Å²) in [5.74, 6) is 0.236. The summed E-state index contributed by atoms with van der Waals surface area (Å²) in [7, 11) is -0.737. The van der Waals surface area contributed by atoms with Crippen molar-refractivity contribution in [2.24, 2.45) is 0 Å². The standard InChI is InChI=1S/C22H35BO7.C12H17BO3.C10H20O5/c1-20(2,3)28-19(24)16-26-13-12-25-14-15-27-18-10-8-17(9-11-18)23-29-21(4,5)22(6,7)30-23;1-11(2)12(3,4)16-13(15-11)9-5-7-10(14)8-6-9;1-10(2,3)15-9(12)8-14-7-6-13-5-4-11/h8-11H,12-16H2,1-7H3;5-8,14H,1-4H3;11H,4-8H2,1-3H3. The number of carbonyl (C=O) groups is 2. The van der Waals surface area contributed by atoms with E-state index in [9.17, 15) is 14.7 Å². The smallest absolute Gasteiger partial charge is 0.494 e. The molecule has 0 aliphatic carbocycles. The molecule has 61 heavy (non-hydrogen) atoms. The lowest BCUT2D eigenvalue weighted by atomic mass is 9.79. The number of benzene rings is 2. The second-order valence-corrected chi connectivity index (χ2v) is 18.4. The number of phenols is 1. The molecule has 0 radical (unpaired) electrons. The lowest BCUT2D eigenvalue weighted by Crippen LogP contribution is -2.41.